The molecule has 2 aromatic carbocycles. The van der Waals surface area contributed by atoms with Gasteiger partial charge in [0.2, 0.25) is 0 Å². The predicted octanol–water partition coefficient (Wildman–Crippen LogP) is 4.70. The van der Waals surface area contributed by atoms with Crippen molar-refractivity contribution < 1.29 is 45.4 Å². The molecule has 1 aliphatic rings. The number of hydrogen-bond donors (Lipinski definition) is 0. The fourth-order valence-corrected chi connectivity index (χ4v) is 3.00. The van der Waals surface area contributed by atoms with Crippen molar-refractivity contribution in [1.82, 2.24) is 0 Å². The van der Waals surface area contributed by atoms with Gasteiger partial charge in [0, 0.05) is 18.8 Å². The zero-order chi connectivity index (χ0) is 18.8. The summed E-state index contributed by atoms with van der Waals surface area (Å²) in [5.41, 5.74) is 0.444. The monoisotopic (exact) mass is 589 g/mol. The summed E-state index contributed by atoms with van der Waals surface area (Å²) in [7, 11) is 0. The summed E-state index contributed by atoms with van der Waals surface area (Å²) in [6.07, 6.45) is 5.35. The molecule has 0 radical (unpaired) electrons. The van der Waals surface area contributed by atoms with E-state index in [0.717, 1.165) is 30.3 Å². The number of benzene rings is 2. The SMILES string of the molecule is CC.O=[C-]CC1([C-]=O)CCN(c2ccc(Oc3ccccc3)cc2)CC1.[U+2]. The Balaban J connectivity index is 0.00000118. The summed E-state index contributed by atoms with van der Waals surface area (Å²) in [4.78, 5) is 24.1. The molecule has 0 atom stereocenters. The Morgan fingerprint density at radius 3 is 2.00 bits per heavy atom. The molecule has 1 fully saturated rings. The van der Waals surface area contributed by atoms with E-state index >= 15 is 0 Å². The molecule has 0 unspecified atom stereocenters. The Morgan fingerprint density at radius 1 is 0.926 bits per heavy atom. The van der Waals surface area contributed by atoms with Crippen molar-refractivity contribution in [2.45, 2.75) is 33.1 Å². The summed E-state index contributed by atoms with van der Waals surface area (Å²) in [6, 6.07) is 17.6. The number of para-hydroxylation sites is 1. The van der Waals surface area contributed by atoms with Gasteiger partial charge in [-0.1, -0.05) is 44.9 Å². The third-order valence-electron chi connectivity index (χ3n) is 4.53. The van der Waals surface area contributed by atoms with Gasteiger partial charge in [0.05, 0.1) is 0 Å². The normalized spacial score (nSPS) is 14.8. The van der Waals surface area contributed by atoms with E-state index < -0.39 is 5.41 Å². The van der Waals surface area contributed by atoms with Gasteiger partial charge < -0.3 is 19.2 Å². The van der Waals surface area contributed by atoms with Crippen molar-refractivity contribution in [3.8, 4) is 11.5 Å². The van der Waals surface area contributed by atoms with Gasteiger partial charge in [0.1, 0.15) is 11.5 Å². The molecule has 5 heteroatoms. The molecule has 0 amide bonds. The largest absolute Gasteiger partial charge is 2.00 e. The van der Waals surface area contributed by atoms with Crippen molar-refractivity contribution >= 4 is 18.3 Å². The Bertz CT molecular complexity index is 680. The number of hydrogen-bond acceptors (Lipinski definition) is 4. The van der Waals surface area contributed by atoms with Crippen LogP contribution in [0.25, 0.3) is 0 Å². The first-order valence-corrected chi connectivity index (χ1v) is 9.07. The van der Waals surface area contributed by atoms with E-state index in [1.165, 1.54) is 0 Å². The van der Waals surface area contributed by atoms with E-state index in [9.17, 15) is 9.59 Å². The van der Waals surface area contributed by atoms with Crippen LogP contribution in [0.3, 0.4) is 0 Å². The van der Waals surface area contributed by atoms with Crippen molar-refractivity contribution in [2.24, 2.45) is 5.41 Å². The number of piperidine rings is 1. The second-order valence-electron chi connectivity index (χ2n) is 6.10. The molecule has 140 valence electrons. The van der Waals surface area contributed by atoms with Crippen LogP contribution in [0.5, 0.6) is 11.5 Å². The van der Waals surface area contributed by atoms with Gasteiger partial charge in [-0.15, -0.1) is 5.41 Å². The van der Waals surface area contributed by atoms with Gasteiger partial charge in [0.15, 0.2) is 0 Å². The van der Waals surface area contributed by atoms with E-state index in [-0.39, 0.29) is 37.5 Å². The van der Waals surface area contributed by atoms with Gasteiger partial charge >= 0.3 is 31.1 Å². The van der Waals surface area contributed by atoms with Crippen molar-refractivity contribution in [2.75, 3.05) is 18.0 Å². The van der Waals surface area contributed by atoms with Crippen LogP contribution in [0.15, 0.2) is 54.6 Å². The van der Waals surface area contributed by atoms with Gasteiger partial charge in [0.25, 0.3) is 0 Å². The molecule has 0 aromatic heterocycles. The molecule has 0 aliphatic carbocycles. The number of ether oxygens (including phenoxy) is 1. The van der Waals surface area contributed by atoms with Gasteiger partial charge in [-0.2, -0.15) is 6.42 Å². The van der Waals surface area contributed by atoms with Crippen LogP contribution < -0.4 is 9.64 Å². The van der Waals surface area contributed by atoms with Crippen LogP contribution in [-0.4, -0.2) is 25.7 Å². The zero-order valence-corrected chi connectivity index (χ0v) is 20.1. The summed E-state index contributed by atoms with van der Waals surface area (Å²) < 4.78 is 5.79. The topological polar surface area (TPSA) is 46.6 Å². The third kappa shape index (κ3) is 6.52. The number of anilines is 1. The molecule has 2 aromatic rings. The molecule has 1 heterocycles. The van der Waals surface area contributed by atoms with Gasteiger partial charge in [-0.3, -0.25) is 12.6 Å². The Hall–Kier alpha value is -1.57. The van der Waals surface area contributed by atoms with Gasteiger partial charge in [-0.05, 0) is 36.4 Å². The average Bonchev–Trinajstić information content (AvgIpc) is 2.72. The summed E-state index contributed by atoms with van der Waals surface area (Å²) >= 11 is 0. The van der Waals surface area contributed by atoms with E-state index in [1.54, 1.807) is 0 Å². The van der Waals surface area contributed by atoms with Crippen LogP contribution in [0, 0.1) is 36.5 Å². The zero-order valence-electron chi connectivity index (χ0n) is 15.9. The van der Waals surface area contributed by atoms with E-state index in [1.807, 2.05) is 74.7 Å². The standard InChI is InChI=1S/C20H19NO3.C2H6.U/c22-15-12-20(16-23)10-13-21(14-11-20)17-6-8-19(9-7-17)24-18-4-2-1-3-5-18;1-2;/h1-9H,10-14H2;1-2H3;/q-2;;+2. The number of carbonyl (C=O) groups excluding carboxylic acids is 2. The smallest absolute Gasteiger partial charge is 0.542 e. The summed E-state index contributed by atoms with van der Waals surface area (Å²) in [6.45, 7) is 5.46. The van der Waals surface area contributed by atoms with E-state index in [4.69, 9.17) is 4.74 Å². The van der Waals surface area contributed by atoms with Crippen molar-refractivity contribution in [1.29, 1.82) is 0 Å². The Kier molecular flexibility index (Phi) is 10.4. The maximum atomic E-state index is 11.2. The molecule has 1 aliphatic heterocycles. The Morgan fingerprint density at radius 2 is 1.48 bits per heavy atom. The Labute approximate surface area is 185 Å². The third-order valence-corrected chi connectivity index (χ3v) is 4.53. The molecule has 3 rings (SSSR count). The van der Waals surface area contributed by atoms with Crippen LogP contribution in [0.1, 0.15) is 33.1 Å². The molecule has 0 saturated carbocycles. The minimum atomic E-state index is -0.644. The fraction of sp³-hybridized carbons (Fsp3) is 0.364. The first-order chi connectivity index (χ1) is 12.7. The molecule has 4 nitrogen and oxygen atoms in total. The minimum Gasteiger partial charge on any atom is -0.542 e. The van der Waals surface area contributed by atoms with Crippen LogP contribution in [-0.2, 0) is 9.59 Å². The van der Waals surface area contributed by atoms with Crippen LogP contribution in [0.4, 0.5) is 5.69 Å². The first-order valence-electron chi connectivity index (χ1n) is 9.07. The maximum absolute atomic E-state index is 11.2. The molecule has 27 heavy (non-hydrogen) atoms. The number of rotatable bonds is 6. The van der Waals surface area contributed by atoms with Crippen molar-refractivity contribution in [3.63, 3.8) is 0 Å². The molecule has 0 bridgehead atoms. The van der Waals surface area contributed by atoms with Gasteiger partial charge in [-0.25, -0.2) is 0 Å². The van der Waals surface area contributed by atoms with E-state index in [0.29, 0.717) is 12.8 Å². The molecule has 0 N–H and O–H groups in total. The minimum absolute atomic E-state index is 0. The van der Waals surface area contributed by atoms with Crippen molar-refractivity contribution in [3.05, 3.63) is 54.6 Å². The molecule has 1 saturated heterocycles. The van der Waals surface area contributed by atoms with Crippen LogP contribution in [0.2, 0.25) is 0 Å². The maximum Gasteiger partial charge on any atom is 2.00 e. The quantitative estimate of drug-likeness (QED) is 0.459. The summed E-state index contributed by atoms with van der Waals surface area (Å²) in [5.74, 6) is 1.59. The fourth-order valence-electron chi connectivity index (χ4n) is 3.00. The predicted molar refractivity (Wildman–Crippen MR) is 104 cm³/mol. The second-order valence-corrected chi connectivity index (χ2v) is 6.10. The van der Waals surface area contributed by atoms with Crippen LogP contribution >= 0.6 is 0 Å². The molecular weight excluding hydrogens is 564 g/mol. The molecular formula is C22H25NO3U. The second kappa shape index (κ2) is 12.0. The summed E-state index contributed by atoms with van der Waals surface area (Å²) in [5, 5.41) is 0. The van der Waals surface area contributed by atoms with E-state index in [2.05, 4.69) is 11.2 Å². The average molecular weight is 589 g/mol. The number of nitrogens with zero attached hydrogens (tertiary/aromatic N) is 1. The molecule has 0 spiro atoms. The first kappa shape index (κ1) is 23.5.